The molecule has 140 valence electrons. The van der Waals surface area contributed by atoms with Gasteiger partial charge in [0.2, 0.25) is 5.65 Å². The molecule has 0 aliphatic heterocycles. The number of ketones is 1. The summed E-state index contributed by atoms with van der Waals surface area (Å²) in [6.45, 7) is 0. The third kappa shape index (κ3) is 3.09. The summed E-state index contributed by atoms with van der Waals surface area (Å²) in [6.07, 6.45) is 1.61. The van der Waals surface area contributed by atoms with Crippen molar-refractivity contribution in [2.45, 2.75) is 0 Å². The largest absolute Gasteiger partial charge is 0.336 e. The summed E-state index contributed by atoms with van der Waals surface area (Å²) < 4.78 is 1.81. The molecule has 0 saturated heterocycles. The molecule has 5 aromatic rings. The average Bonchev–Trinajstić information content (AvgIpc) is 3.26. The van der Waals surface area contributed by atoms with E-state index < -0.39 is 0 Å². The van der Waals surface area contributed by atoms with Crippen LogP contribution in [0.4, 0.5) is 11.5 Å². The Morgan fingerprint density at radius 1 is 0.931 bits per heavy atom. The number of fused-ring (bicyclic) bond motifs is 3. The summed E-state index contributed by atoms with van der Waals surface area (Å²) in [6, 6.07) is 22.0. The quantitative estimate of drug-likeness (QED) is 0.435. The molecule has 0 spiro atoms. The van der Waals surface area contributed by atoms with Crippen molar-refractivity contribution in [3.05, 3.63) is 95.3 Å². The number of hydrogen-bond acceptors (Lipinski definition) is 5. The third-order valence-electron chi connectivity index (χ3n) is 4.65. The van der Waals surface area contributed by atoms with Crippen LogP contribution in [0, 0.1) is 0 Å². The number of carbonyl (C=O) groups is 1. The molecule has 2 aromatic heterocycles. The van der Waals surface area contributed by atoms with E-state index in [0.29, 0.717) is 33.1 Å². The number of halogens is 1. The molecule has 0 unspecified atom stereocenters. The van der Waals surface area contributed by atoms with Gasteiger partial charge < -0.3 is 5.32 Å². The standard InChI is InChI=1S/C22H14ClN5O/c23-16-8-4-5-9-17(16)25-21-22-27-24-13-28(22)19-12-15(10-11-18(19)26-21)20(29)14-6-2-1-3-7-14/h1-13H,(H,25,26). The molecule has 0 aliphatic rings. The van der Waals surface area contributed by atoms with E-state index in [4.69, 9.17) is 11.6 Å². The Labute approximate surface area is 170 Å². The lowest BCUT2D eigenvalue weighted by atomic mass is 10.0. The van der Waals surface area contributed by atoms with Crippen molar-refractivity contribution < 1.29 is 4.79 Å². The van der Waals surface area contributed by atoms with Crippen molar-refractivity contribution in [2.24, 2.45) is 0 Å². The van der Waals surface area contributed by atoms with Crippen LogP contribution in [-0.2, 0) is 0 Å². The molecular formula is C22H14ClN5O. The third-order valence-corrected chi connectivity index (χ3v) is 4.98. The lowest BCUT2D eigenvalue weighted by molar-refractivity contribution is 0.103. The second-order valence-electron chi connectivity index (χ2n) is 6.49. The first kappa shape index (κ1) is 17.3. The zero-order valence-corrected chi connectivity index (χ0v) is 15.8. The second kappa shape index (κ2) is 7.00. The van der Waals surface area contributed by atoms with Gasteiger partial charge in [-0.3, -0.25) is 9.20 Å². The van der Waals surface area contributed by atoms with Gasteiger partial charge >= 0.3 is 0 Å². The van der Waals surface area contributed by atoms with E-state index in [-0.39, 0.29) is 5.78 Å². The van der Waals surface area contributed by atoms with Gasteiger partial charge in [-0.1, -0.05) is 54.1 Å². The van der Waals surface area contributed by atoms with Crippen molar-refractivity contribution in [2.75, 3.05) is 5.32 Å². The average molecular weight is 400 g/mol. The minimum Gasteiger partial charge on any atom is -0.336 e. The summed E-state index contributed by atoms with van der Waals surface area (Å²) in [5.74, 6) is 0.484. The monoisotopic (exact) mass is 399 g/mol. The second-order valence-corrected chi connectivity index (χ2v) is 6.90. The Hall–Kier alpha value is -3.77. The maximum Gasteiger partial charge on any atom is 0.204 e. The number of benzene rings is 3. The Bertz CT molecular complexity index is 1360. The van der Waals surface area contributed by atoms with Gasteiger partial charge in [0.25, 0.3) is 0 Å². The summed E-state index contributed by atoms with van der Waals surface area (Å²) in [5, 5.41) is 12.0. The zero-order valence-electron chi connectivity index (χ0n) is 15.1. The van der Waals surface area contributed by atoms with Crippen LogP contribution in [0.5, 0.6) is 0 Å². The number of rotatable bonds is 4. The van der Waals surface area contributed by atoms with Gasteiger partial charge in [-0.25, -0.2) is 4.98 Å². The van der Waals surface area contributed by atoms with Crippen molar-refractivity contribution in [3.8, 4) is 0 Å². The van der Waals surface area contributed by atoms with Crippen molar-refractivity contribution >= 4 is 45.6 Å². The van der Waals surface area contributed by atoms with Crippen molar-refractivity contribution in [1.29, 1.82) is 0 Å². The number of para-hydroxylation sites is 1. The molecule has 29 heavy (non-hydrogen) atoms. The topological polar surface area (TPSA) is 72.2 Å². The Kier molecular flexibility index (Phi) is 4.18. The molecule has 1 N–H and O–H groups in total. The van der Waals surface area contributed by atoms with Crippen LogP contribution >= 0.6 is 11.6 Å². The van der Waals surface area contributed by atoms with Gasteiger partial charge in [-0.15, -0.1) is 10.2 Å². The molecule has 0 atom stereocenters. The minimum absolute atomic E-state index is 0.0491. The van der Waals surface area contributed by atoms with Crippen LogP contribution in [0.3, 0.4) is 0 Å². The molecule has 0 saturated carbocycles. The van der Waals surface area contributed by atoms with Crippen LogP contribution in [0.25, 0.3) is 16.7 Å². The zero-order chi connectivity index (χ0) is 19.8. The van der Waals surface area contributed by atoms with Crippen molar-refractivity contribution in [3.63, 3.8) is 0 Å². The first-order valence-corrected chi connectivity index (χ1v) is 9.33. The highest BCUT2D eigenvalue weighted by atomic mass is 35.5. The number of anilines is 2. The first-order chi connectivity index (χ1) is 14.2. The minimum atomic E-state index is -0.0491. The highest BCUT2D eigenvalue weighted by molar-refractivity contribution is 6.33. The molecule has 5 rings (SSSR count). The Balaban J connectivity index is 1.63. The van der Waals surface area contributed by atoms with E-state index >= 15 is 0 Å². The number of nitrogens with zero attached hydrogens (tertiary/aromatic N) is 4. The van der Waals surface area contributed by atoms with Crippen molar-refractivity contribution in [1.82, 2.24) is 19.6 Å². The number of nitrogens with one attached hydrogen (secondary N) is 1. The summed E-state index contributed by atoms with van der Waals surface area (Å²) in [4.78, 5) is 17.5. The normalized spacial score (nSPS) is 11.1. The Morgan fingerprint density at radius 3 is 2.55 bits per heavy atom. The summed E-state index contributed by atoms with van der Waals surface area (Å²) >= 11 is 6.26. The molecule has 7 heteroatoms. The molecule has 0 amide bonds. The van der Waals surface area contributed by atoms with E-state index in [2.05, 4.69) is 20.5 Å². The van der Waals surface area contributed by atoms with E-state index in [1.807, 2.05) is 52.9 Å². The summed E-state index contributed by atoms with van der Waals surface area (Å²) in [5.41, 5.74) is 3.93. The van der Waals surface area contributed by atoms with E-state index in [1.54, 1.807) is 30.6 Å². The molecule has 2 heterocycles. The predicted octanol–water partition coefficient (Wildman–Crippen LogP) is 4.91. The van der Waals surface area contributed by atoms with Gasteiger partial charge in [0.05, 0.1) is 21.7 Å². The van der Waals surface area contributed by atoms with Gasteiger partial charge in [0.1, 0.15) is 6.33 Å². The fraction of sp³-hybridized carbons (Fsp3) is 0. The fourth-order valence-electron chi connectivity index (χ4n) is 3.23. The Morgan fingerprint density at radius 2 is 1.72 bits per heavy atom. The highest BCUT2D eigenvalue weighted by Gasteiger charge is 2.15. The maximum absolute atomic E-state index is 12.8. The number of aromatic nitrogens is 4. The molecule has 0 fully saturated rings. The molecule has 6 nitrogen and oxygen atoms in total. The molecule has 0 aliphatic carbocycles. The predicted molar refractivity (Wildman–Crippen MR) is 113 cm³/mol. The van der Waals surface area contributed by atoms with Crippen LogP contribution < -0.4 is 5.32 Å². The summed E-state index contributed by atoms with van der Waals surface area (Å²) in [7, 11) is 0. The number of hydrogen-bond donors (Lipinski definition) is 1. The smallest absolute Gasteiger partial charge is 0.204 e. The lowest BCUT2D eigenvalue weighted by Crippen LogP contribution is -2.04. The fourth-order valence-corrected chi connectivity index (χ4v) is 3.41. The van der Waals surface area contributed by atoms with E-state index in [9.17, 15) is 4.79 Å². The molecule has 3 aromatic carbocycles. The van der Waals surface area contributed by atoms with Crippen LogP contribution in [0.2, 0.25) is 5.02 Å². The van der Waals surface area contributed by atoms with E-state index in [0.717, 1.165) is 11.2 Å². The van der Waals surface area contributed by atoms with Crippen LogP contribution in [0.1, 0.15) is 15.9 Å². The highest BCUT2D eigenvalue weighted by Crippen LogP contribution is 2.28. The maximum atomic E-state index is 12.8. The van der Waals surface area contributed by atoms with E-state index in [1.165, 1.54) is 0 Å². The van der Waals surface area contributed by atoms with Gasteiger partial charge in [-0.2, -0.15) is 0 Å². The molecular weight excluding hydrogens is 386 g/mol. The van der Waals surface area contributed by atoms with Gasteiger partial charge in [0.15, 0.2) is 11.6 Å². The SMILES string of the molecule is O=C(c1ccccc1)c1ccc2nc(Nc3ccccc3Cl)c3nncn3c2c1. The van der Waals surface area contributed by atoms with Crippen LogP contribution in [0.15, 0.2) is 79.1 Å². The number of carbonyl (C=O) groups excluding carboxylic acids is 1. The first-order valence-electron chi connectivity index (χ1n) is 8.95. The van der Waals surface area contributed by atoms with Crippen LogP contribution in [-0.4, -0.2) is 25.4 Å². The molecule has 0 bridgehead atoms. The van der Waals surface area contributed by atoms with Gasteiger partial charge in [-0.05, 0) is 30.3 Å². The van der Waals surface area contributed by atoms with Gasteiger partial charge in [0, 0.05) is 11.1 Å². The lowest BCUT2D eigenvalue weighted by Gasteiger charge is -2.11. The molecule has 0 radical (unpaired) electrons.